The van der Waals surface area contributed by atoms with Crippen LogP contribution in [0.5, 0.6) is 11.5 Å². The van der Waals surface area contributed by atoms with E-state index in [2.05, 4.69) is 4.74 Å². The smallest absolute Gasteiger partial charge is 0.430 e. The van der Waals surface area contributed by atoms with Crippen molar-refractivity contribution in [3.63, 3.8) is 0 Å². The van der Waals surface area contributed by atoms with Crippen LogP contribution in [0.4, 0.5) is 13.2 Å². The van der Waals surface area contributed by atoms with E-state index < -0.39 is 45.4 Å². The SMILES string of the molecule is O=C(O)C1=Cc2c(cc(Cl)c([O-])c2Cl)OC1C(F)(F)F. The number of halogens is 5. The van der Waals surface area contributed by atoms with Crippen molar-refractivity contribution in [3.8, 4) is 11.5 Å². The molecule has 108 valence electrons. The maximum atomic E-state index is 12.8. The molecule has 0 saturated heterocycles. The molecule has 1 aromatic rings. The number of carboxylic acids is 1. The van der Waals surface area contributed by atoms with Crippen molar-refractivity contribution in [2.24, 2.45) is 0 Å². The van der Waals surface area contributed by atoms with Gasteiger partial charge in [-0.25, -0.2) is 4.79 Å². The Balaban J connectivity index is 2.66. The summed E-state index contributed by atoms with van der Waals surface area (Å²) in [5.74, 6) is -3.04. The number of fused-ring (bicyclic) bond motifs is 1. The van der Waals surface area contributed by atoms with E-state index in [0.29, 0.717) is 6.08 Å². The zero-order chi connectivity index (χ0) is 15.2. The van der Waals surface area contributed by atoms with Crippen molar-refractivity contribution < 1.29 is 32.9 Å². The van der Waals surface area contributed by atoms with Gasteiger partial charge >= 0.3 is 12.1 Å². The summed E-state index contributed by atoms with van der Waals surface area (Å²) in [6.07, 6.45) is -6.92. The summed E-state index contributed by atoms with van der Waals surface area (Å²) in [5, 5.41) is 19.4. The molecule has 0 fully saturated rings. The average Bonchev–Trinajstić information content (AvgIpc) is 2.33. The Kier molecular flexibility index (Phi) is 3.51. The second kappa shape index (κ2) is 4.75. The molecule has 0 aromatic heterocycles. The third-order valence-electron chi connectivity index (χ3n) is 2.55. The minimum atomic E-state index is -4.93. The molecule has 1 aromatic carbocycles. The van der Waals surface area contributed by atoms with Crippen LogP contribution in [-0.2, 0) is 4.79 Å². The molecule has 1 atom stereocenters. The van der Waals surface area contributed by atoms with E-state index >= 15 is 0 Å². The van der Waals surface area contributed by atoms with Crippen LogP contribution >= 0.6 is 23.2 Å². The fraction of sp³-hybridized carbons (Fsp3) is 0.182. The lowest BCUT2D eigenvalue weighted by Crippen LogP contribution is -2.40. The van der Waals surface area contributed by atoms with Crippen molar-refractivity contribution in [2.75, 3.05) is 0 Å². The molecule has 4 nitrogen and oxygen atoms in total. The molecule has 0 radical (unpaired) electrons. The third kappa shape index (κ3) is 2.38. The van der Waals surface area contributed by atoms with Gasteiger partial charge in [0.25, 0.3) is 0 Å². The fourth-order valence-corrected chi connectivity index (χ4v) is 2.16. The first-order valence-corrected chi connectivity index (χ1v) is 5.75. The number of hydrogen-bond donors (Lipinski definition) is 1. The van der Waals surface area contributed by atoms with Gasteiger partial charge in [-0.2, -0.15) is 13.2 Å². The van der Waals surface area contributed by atoms with Gasteiger partial charge in [0.15, 0.2) is 0 Å². The molecule has 1 unspecified atom stereocenters. The summed E-state index contributed by atoms with van der Waals surface area (Å²) < 4.78 is 42.9. The zero-order valence-electron chi connectivity index (χ0n) is 9.29. The Morgan fingerprint density at radius 3 is 2.50 bits per heavy atom. The molecule has 0 aliphatic carbocycles. The van der Waals surface area contributed by atoms with E-state index in [1.165, 1.54) is 0 Å². The van der Waals surface area contributed by atoms with Crippen molar-refractivity contribution in [1.29, 1.82) is 0 Å². The van der Waals surface area contributed by atoms with Crippen LogP contribution in [-0.4, -0.2) is 23.4 Å². The Morgan fingerprint density at radius 1 is 1.40 bits per heavy atom. The maximum absolute atomic E-state index is 12.8. The van der Waals surface area contributed by atoms with E-state index in [-0.39, 0.29) is 5.56 Å². The molecule has 0 spiro atoms. The number of aliphatic carboxylic acids is 1. The van der Waals surface area contributed by atoms with Gasteiger partial charge in [-0.05, 0) is 12.1 Å². The van der Waals surface area contributed by atoms with E-state index in [9.17, 15) is 23.1 Å². The Labute approximate surface area is 120 Å². The molecule has 0 bridgehead atoms. The van der Waals surface area contributed by atoms with Gasteiger partial charge in [0.1, 0.15) is 5.75 Å². The normalized spacial score (nSPS) is 18.1. The summed E-state index contributed by atoms with van der Waals surface area (Å²) in [6, 6.07) is 0.874. The molecule has 20 heavy (non-hydrogen) atoms. The van der Waals surface area contributed by atoms with E-state index in [4.69, 9.17) is 28.3 Å². The highest BCUT2D eigenvalue weighted by Gasteiger charge is 2.48. The minimum absolute atomic E-state index is 0.237. The van der Waals surface area contributed by atoms with Crippen LogP contribution in [0.1, 0.15) is 5.56 Å². The van der Waals surface area contributed by atoms with Gasteiger partial charge in [0, 0.05) is 15.6 Å². The van der Waals surface area contributed by atoms with Crippen LogP contribution in [0.25, 0.3) is 6.08 Å². The Hall–Kier alpha value is -1.60. The van der Waals surface area contributed by atoms with Crippen LogP contribution in [0, 0.1) is 0 Å². The predicted molar refractivity (Wildman–Crippen MR) is 62.0 cm³/mol. The summed E-state index contributed by atoms with van der Waals surface area (Å²) in [5.41, 5.74) is -1.30. The number of hydrogen-bond acceptors (Lipinski definition) is 3. The number of rotatable bonds is 1. The number of carbonyl (C=O) groups is 1. The quantitative estimate of drug-likeness (QED) is 0.861. The van der Waals surface area contributed by atoms with Crippen molar-refractivity contribution in [3.05, 3.63) is 27.2 Å². The number of ether oxygens (including phenoxy) is 1. The van der Waals surface area contributed by atoms with Gasteiger partial charge < -0.3 is 14.9 Å². The summed E-state index contributed by atoms with van der Waals surface area (Å²) >= 11 is 11.2. The second-order valence-electron chi connectivity index (χ2n) is 3.86. The Morgan fingerprint density at radius 2 is 2.00 bits per heavy atom. The Bertz CT molecular complexity index is 625. The molecule has 9 heteroatoms. The molecule has 1 aliphatic heterocycles. The van der Waals surface area contributed by atoms with Crippen molar-refractivity contribution >= 4 is 35.2 Å². The van der Waals surface area contributed by atoms with Gasteiger partial charge in [0.05, 0.1) is 5.57 Å². The second-order valence-corrected chi connectivity index (χ2v) is 4.64. The highest BCUT2D eigenvalue weighted by molar-refractivity contribution is 6.38. The highest BCUT2D eigenvalue weighted by Crippen LogP contribution is 2.45. The number of carboxylic acid groups (broad SMARTS) is 1. The van der Waals surface area contributed by atoms with Crippen LogP contribution in [0.15, 0.2) is 11.6 Å². The van der Waals surface area contributed by atoms with E-state index in [1.807, 2.05) is 0 Å². The lowest BCUT2D eigenvalue weighted by molar-refractivity contribution is -0.268. The first-order valence-electron chi connectivity index (χ1n) is 5.00. The third-order valence-corrected chi connectivity index (χ3v) is 3.20. The van der Waals surface area contributed by atoms with Crippen LogP contribution in [0.3, 0.4) is 0 Å². The predicted octanol–water partition coefficient (Wildman–Crippen LogP) is 2.86. The fourth-order valence-electron chi connectivity index (χ4n) is 1.66. The van der Waals surface area contributed by atoms with E-state index in [0.717, 1.165) is 6.07 Å². The first-order chi connectivity index (χ1) is 9.12. The molecule has 0 saturated carbocycles. The lowest BCUT2D eigenvalue weighted by atomic mass is 10.0. The van der Waals surface area contributed by atoms with Crippen molar-refractivity contribution in [1.82, 2.24) is 0 Å². The van der Waals surface area contributed by atoms with Gasteiger partial charge in [-0.15, -0.1) is 0 Å². The van der Waals surface area contributed by atoms with Gasteiger partial charge in [-0.3, -0.25) is 0 Å². The van der Waals surface area contributed by atoms with Gasteiger partial charge in [0.2, 0.25) is 6.10 Å². The molecule has 1 heterocycles. The monoisotopic (exact) mass is 327 g/mol. The van der Waals surface area contributed by atoms with E-state index in [1.54, 1.807) is 0 Å². The van der Waals surface area contributed by atoms with Crippen LogP contribution < -0.4 is 9.84 Å². The minimum Gasteiger partial charge on any atom is -0.870 e. The number of alkyl halides is 3. The summed E-state index contributed by atoms with van der Waals surface area (Å²) in [6.45, 7) is 0. The highest BCUT2D eigenvalue weighted by atomic mass is 35.5. The molecule has 0 amide bonds. The zero-order valence-corrected chi connectivity index (χ0v) is 10.8. The summed E-state index contributed by atoms with van der Waals surface area (Å²) in [4.78, 5) is 10.9. The standard InChI is InChI=1S/C11H5Cl2F3O4/c12-5-2-6-3(7(13)8(5)17)1-4(10(18)19)9(20-6)11(14,15)16/h1-2,9,17H,(H,18,19)/p-1. The lowest BCUT2D eigenvalue weighted by Gasteiger charge is -2.29. The molecular formula is C11H4Cl2F3O4-. The van der Waals surface area contributed by atoms with Gasteiger partial charge in [-0.1, -0.05) is 29.0 Å². The topological polar surface area (TPSA) is 69.6 Å². The maximum Gasteiger partial charge on any atom is 0.430 e. The van der Waals surface area contributed by atoms with Crippen molar-refractivity contribution in [2.45, 2.75) is 12.3 Å². The first kappa shape index (κ1) is 14.8. The average molecular weight is 328 g/mol. The molecule has 1 aliphatic rings. The molecule has 1 N–H and O–H groups in total. The largest absolute Gasteiger partial charge is 0.870 e. The molecular weight excluding hydrogens is 324 g/mol. The number of benzene rings is 1. The molecule has 2 rings (SSSR count). The summed E-state index contributed by atoms with van der Waals surface area (Å²) in [7, 11) is 0. The van der Waals surface area contributed by atoms with Crippen LogP contribution in [0.2, 0.25) is 10.0 Å².